The van der Waals surface area contributed by atoms with Gasteiger partial charge in [0.1, 0.15) is 5.82 Å². The fourth-order valence-electron chi connectivity index (χ4n) is 3.61. The van der Waals surface area contributed by atoms with Gasteiger partial charge in [-0.25, -0.2) is 0 Å². The van der Waals surface area contributed by atoms with Gasteiger partial charge in [0.25, 0.3) is 5.22 Å². The molecule has 1 aromatic carbocycles. The van der Waals surface area contributed by atoms with Crippen molar-refractivity contribution >= 4 is 39.2 Å². The molecule has 0 saturated carbocycles. The highest BCUT2D eigenvalue weighted by molar-refractivity contribution is 7.99. The molecule has 4 aromatic rings. The first kappa shape index (κ1) is 19.5. The van der Waals surface area contributed by atoms with Gasteiger partial charge in [-0.15, -0.1) is 10.2 Å². The molecule has 1 fully saturated rings. The van der Waals surface area contributed by atoms with Crippen LogP contribution in [0.3, 0.4) is 0 Å². The van der Waals surface area contributed by atoms with Crippen LogP contribution in [0.5, 0.6) is 0 Å². The summed E-state index contributed by atoms with van der Waals surface area (Å²) in [6, 6.07) is 12.2. The van der Waals surface area contributed by atoms with Crippen molar-refractivity contribution in [2.24, 2.45) is 0 Å². The van der Waals surface area contributed by atoms with Gasteiger partial charge in [0.05, 0.1) is 4.70 Å². The Morgan fingerprint density at radius 2 is 1.83 bits per heavy atom. The molecule has 1 saturated heterocycles. The van der Waals surface area contributed by atoms with Crippen LogP contribution in [0.2, 0.25) is 0 Å². The molecule has 0 bridgehead atoms. The quantitative estimate of drug-likeness (QED) is 0.316. The molecular formula is C21H22N6OS2. The van der Waals surface area contributed by atoms with Crippen molar-refractivity contribution in [2.45, 2.75) is 11.6 Å². The standard InChI is InChI=1S/C21H22N6OS2/c1-2-5-18-17(4-1)19(25-30-18)27-13-11-26(12-14-27)10-3-15-29-21-24-23-20(28-21)16-6-8-22-9-7-16/h1-2,4-9H,3,10-15H2. The van der Waals surface area contributed by atoms with Crippen LogP contribution in [0.25, 0.3) is 21.5 Å². The predicted octanol–water partition coefficient (Wildman–Crippen LogP) is 4.05. The maximum atomic E-state index is 5.74. The number of fused-ring (bicyclic) bond motifs is 1. The number of nitrogens with zero attached hydrogens (tertiary/aromatic N) is 6. The Morgan fingerprint density at radius 3 is 2.70 bits per heavy atom. The van der Waals surface area contributed by atoms with Crippen LogP contribution in [-0.2, 0) is 0 Å². The van der Waals surface area contributed by atoms with Gasteiger partial charge >= 0.3 is 0 Å². The first-order valence-corrected chi connectivity index (χ1v) is 11.8. The second-order valence-electron chi connectivity index (χ2n) is 7.14. The zero-order chi connectivity index (χ0) is 20.2. The molecule has 1 aliphatic heterocycles. The minimum atomic E-state index is 0.547. The number of piperazine rings is 1. The van der Waals surface area contributed by atoms with Crippen molar-refractivity contribution in [3.63, 3.8) is 0 Å². The first-order chi connectivity index (χ1) is 14.9. The van der Waals surface area contributed by atoms with E-state index in [2.05, 4.69) is 49.2 Å². The Bertz CT molecular complexity index is 1090. The lowest BCUT2D eigenvalue weighted by Gasteiger charge is -2.35. The number of benzene rings is 1. The number of rotatable bonds is 7. The van der Waals surface area contributed by atoms with E-state index in [1.807, 2.05) is 12.1 Å². The van der Waals surface area contributed by atoms with Gasteiger partial charge in [-0.2, -0.15) is 4.37 Å². The van der Waals surface area contributed by atoms with Crippen molar-refractivity contribution < 1.29 is 4.42 Å². The summed E-state index contributed by atoms with van der Waals surface area (Å²) in [5.41, 5.74) is 0.898. The lowest BCUT2D eigenvalue weighted by Crippen LogP contribution is -2.46. The average molecular weight is 439 g/mol. The normalized spacial score (nSPS) is 15.1. The third kappa shape index (κ3) is 4.33. The smallest absolute Gasteiger partial charge is 0.276 e. The van der Waals surface area contributed by atoms with E-state index in [1.54, 1.807) is 35.7 Å². The van der Waals surface area contributed by atoms with Gasteiger partial charge < -0.3 is 9.32 Å². The maximum absolute atomic E-state index is 5.74. The van der Waals surface area contributed by atoms with Crippen LogP contribution >= 0.6 is 23.3 Å². The minimum absolute atomic E-state index is 0.547. The van der Waals surface area contributed by atoms with Gasteiger partial charge in [0.15, 0.2) is 0 Å². The summed E-state index contributed by atoms with van der Waals surface area (Å²) < 4.78 is 11.7. The van der Waals surface area contributed by atoms with Crippen LogP contribution in [0.1, 0.15) is 6.42 Å². The number of hydrogen-bond acceptors (Lipinski definition) is 9. The molecular weight excluding hydrogens is 416 g/mol. The molecule has 154 valence electrons. The van der Waals surface area contributed by atoms with E-state index >= 15 is 0 Å². The topological polar surface area (TPSA) is 71.2 Å². The van der Waals surface area contributed by atoms with Gasteiger partial charge in [-0.05, 0) is 48.8 Å². The Balaban J connectivity index is 1.06. The van der Waals surface area contributed by atoms with Crippen molar-refractivity contribution in [3.05, 3.63) is 48.8 Å². The Labute approximate surface area is 183 Å². The van der Waals surface area contributed by atoms with Gasteiger partial charge in [0, 0.05) is 55.3 Å². The monoisotopic (exact) mass is 438 g/mol. The molecule has 0 amide bonds. The number of hydrogen-bond donors (Lipinski definition) is 0. The molecule has 0 unspecified atom stereocenters. The van der Waals surface area contributed by atoms with Crippen molar-refractivity contribution in [1.82, 2.24) is 24.5 Å². The highest BCUT2D eigenvalue weighted by Crippen LogP contribution is 2.30. The number of anilines is 1. The van der Waals surface area contributed by atoms with E-state index in [0.29, 0.717) is 11.1 Å². The third-order valence-electron chi connectivity index (χ3n) is 5.21. The lowest BCUT2D eigenvalue weighted by molar-refractivity contribution is 0.259. The van der Waals surface area contributed by atoms with Crippen LogP contribution in [0, 0.1) is 0 Å². The fraction of sp³-hybridized carbons (Fsp3) is 0.333. The van der Waals surface area contributed by atoms with E-state index in [0.717, 1.165) is 56.3 Å². The van der Waals surface area contributed by atoms with Gasteiger partial charge in [-0.1, -0.05) is 23.9 Å². The average Bonchev–Trinajstić information content (AvgIpc) is 3.45. The van der Waals surface area contributed by atoms with E-state index in [1.165, 1.54) is 10.1 Å². The summed E-state index contributed by atoms with van der Waals surface area (Å²) in [5.74, 6) is 2.66. The molecule has 4 heterocycles. The van der Waals surface area contributed by atoms with Crippen LogP contribution in [-0.4, -0.2) is 62.9 Å². The predicted molar refractivity (Wildman–Crippen MR) is 121 cm³/mol. The lowest BCUT2D eigenvalue weighted by atomic mass is 10.2. The van der Waals surface area contributed by atoms with Crippen molar-refractivity contribution in [1.29, 1.82) is 0 Å². The van der Waals surface area contributed by atoms with Crippen LogP contribution in [0.15, 0.2) is 58.4 Å². The Hall–Kier alpha value is -2.49. The SMILES string of the molecule is c1ccc2c(N3CCN(CCCSc4nnc(-c5ccncc5)o4)CC3)nsc2c1. The molecule has 0 aliphatic carbocycles. The molecule has 3 aromatic heterocycles. The fourth-order valence-corrected chi connectivity index (χ4v) is 5.09. The largest absolute Gasteiger partial charge is 0.411 e. The molecule has 0 spiro atoms. The Kier molecular flexibility index (Phi) is 5.91. The second-order valence-corrected chi connectivity index (χ2v) is 8.99. The van der Waals surface area contributed by atoms with E-state index in [-0.39, 0.29) is 0 Å². The summed E-state index contributed by atoms with van der Waals surface area (Å²) in [6.07, 6.45) is 4.54. The molecule has 0 atom stereocenters. The molecule has 30 heavy (non-hydrogen) atoms. The first-order valence-electron chi connectivity index (χ1n) is 10.1. The minimum Gasteiger partial charge on any atom is -0.411 e. The molecule has 0 radical (unpaired) electrons. The van der Waals surface area contributed by atoms with Crippen LogP contribution < -0.4 is 4.90 Å². The van der Waals surface area contributed by atoms with Gasteiger partial charge in [0.2, 0.25) is 5.89 Å². The maximum Gasteiger partial charge on any atom is 0.276 e. The summed E-state index contributed by atoms with van der Waals surface area (Å²) in [5, 5.41) is 10.2. The van der Waals surface area contributed by atoms with Crippen molar-refractivity contribution in [2.75, 3.05) is 43.4 Å². The number of pyridine rings is 1. The van der Waals surface area contributed by atoms with Gasteiger partial charge in [-0.3, -0.25) is 9.88 Å². The van der Waals surface area contributed by atoms with E-state index < -0.39 is 0 Å². The zero-order valence-corrected chi connectivity index (χ0v) is 18.1. The second kappa shape index (κ2) is 9.11. The van der Waals surface area contributed by atoms with E-state index in [9.17, 15) is 0 Å². The molecule has 9 heteroatoms. The highest BCUT2D eigenvalue weighted by atomic mass is 32.2. The molecule has 5 rings (SSSR count). The summed E-state index contributed by atoms with van der Waals surface area (Å²) >= 11 is 3.22. The summed E-state index contributed by atoms with van der Waals surface area (Å²) in [6.45, 7) is 5.29. The number of thioether (sulfide) groups is 1. The number of aromatic nitrogens is 4. The Morgan fingerprint density at radius 1 is 1.00 bits per heavy atom. The summed E-state index contributed by atoms with van der Waals surface area (Å²) in [4.78, 5) is 8.96. The van der Waals surface area contributed by atoms with E-state index in [4.69, 9.17) is 8.79 Å². The summed E-state index contributed by atoms with van der Waals surface area (Å²) in [7, 11) is 0. The van der Waals surface area contributed by atoms with Crippen LogP contribution in [0.4, 0.5) is 5.82 Å². The highest BCUT2D eigenvalue weighted by Gasteiger charge is 2.20. The molecule has 0 N–H and O–H groups in total. The molecule has 7 nitrogen and oxygen atoms in total. The third-order valence-corrected chi connectivity index (χ3v) is 6.93. The van der Waals surface area contributed by atoms with Crippen molar-refractivity contribution in [3.8, 4) is 11.5 Å². The zero-order valence-electron chi connectivity index (χ0n) is 16.5. The molecule has 1 aliphatic rings.